The van der Waals surface area contributed by atoms with E-state index in [1.54, 1.807) is 0 Å². The van der Waals surface area contributed by atoms with Gasteiger partial charge in [0.05, 0.1) is 0 Å². The van der Waals surface area contributed by atoms with Crippen LogP contribution in [0.25, 0.3) is 0 Å². The zero-order valence-electron chi connectivity index (χ0n) is 3.22. The molecule has 6 heavy (non-hydrogen) atoms. The summed E-state index contributed by atoms with van der Waals surface area (Å²) in [5.74, 6) is 0. The summed E-state index contributed by atoms with van der Waals surface area (Å²) < 4.78 is 0. The van der Waals surface area contributed by atoms with E-state index in [9.17, 15) is 0 Å². The van der Waals surface area contributed by atoms with Gasteiger partial charge in [-0.1, -0.05) is 0 Å². The fraction of sp³-hybridized carbons (Fsp3) is 0. The quantitative estimate of drug-likeness (QED) is 0.343. The predicted molar refractivity (Wildman–Crippen MR) is 17.3 cm³/mol. The van der Waals surface area contributed by atoms with Crippen LogP contribution in [0.4, 0.5) is 0 Å². The van der Waals surface area contributed by atoms with E-state index in [4.69, 9.17) is 15.1 Å². The molecular weight excluding hydrogens is 171 g/mol. The average molecular weight is 171 g/mol. The third-order valence-electron chi connectivity index (χ3n) is 0. The number of rotatable bonds is 0. The Morgan fingerprint density at radius 1 is 1.00 bits per heavy atom. The Kier molecular flexibility index (Phi) is 26.8. The Bertz CT molecular complexity index is 15.5. The SMILES string of the molecule is [Mg+2].[O-]B([O-])[O-].[Sr+2]. The first-order valence-corrected chi connectivity index (χ1v) is 0.707. The van der Waals surface area contributed by atoms with E-state index < -0.39 is 7.32 Å². The molecule has 6 heteroatoms. The largest absolute Gasteiger partial charge is 2.00 e. The van der Waals surface area contributed by atoms with E-state index in [1.807, 2.05) is 0 Å². The molecule has 0 amide bonds. The molecule has 0 fully saturated rings. The molecular formula is BMgO3Sr+. The van der Waals surface area contributed by atoms with Gasteiger partial charge in [-0.25, -0.2) is 0 Å². The van der Waals surface area contributed by atoms with Gasteiger partial charge in [-0.2, -0.15) is 0 Å². The summed E-state index contributed by atoms with van der Waals surface area (Å²) in [4.78, 5) is 0. The third-order valence-corrected chi connectivity index (χ3v) is 0. The molecule has 0 spiro atoms. The summed E-state index contributed by atoms with van der Waals surface area (Å²) in [6.07, 6.45) is 0. The van der Waals surface area contributed by atoms with E-state index in [-0.39, 0.29) is 68.5 Å². The van der Waals surface area contributed by atoms with Crippen LogP contribution in [0.5, 0.6) is 0 Å². The fourth-order valence-corrected chi connectivity index (χ4v) is 0. The molecule has 0 aliphatic carbocycles. The van der Waals surface area contributed by atoms with Crippen molar-refractivity contribution in [3.8, 4) is 0 Å². The summed E-state index contributed by atoms with van der Waals surface area (Å²) in [7, 11) is -2.92. The van der Waals surface area contributed by atoms with Gasteiger partial charge in [0.25, 0.3) is 0 Å². The molecule has 0 radical (unpaired) electrons. The molecule has 0 saturated carbocycles. The summed E-state index contributed by atoms with van der Waals surface area (Å²) in [5.41, 5.74) is 0. The molecule has 3 nitrogen and oxygen atoms in total. The molecule has 0 rings (SSSR count). The van der Waals surface area contributed by atoms with Gasteiger partial charge in [0.15, 0.2) is 0 Å². The van der Waals surface area contributed by atoms with Crippen molar-refractivity contribution in [3.63, 3.8) is 0 Å². The molecule has 0 N–H and O–H groups in total. The second-order valence-electron chi connectivity index (χ2n) is 0.289. The average Bonchev–Trinajstić information content (AvgIpc) is 0.811. The van der Waals surface area contributed by atoms with E-state index in [0.29, 0.717) is 0 Å². The Balaban J connectivity index is -0.0000000450. The van der Waals surface area contributed by atoms with E-state index in [2.05, 4.69) is 0 Å². The smallest absolute Gasteiger partial charge is 0.907 e. The van der Waals surface area contributed by atoms with Gasteiger partial charge in [0, 0.05) is 0 Å². The standard InChI is InChI=1S/BO3.Mg.Sr/c2-1(3)4;;/q-3;2*+2. The van der Waals surface area contributed by atoms with Crippen molar-refractivity contribution in [1.82, 2.24) is 0 Å². The first kappa shape index (κ1) is 15.7. The molecule has 0 aliphatic heterocycles. The molecule has 0 aromatic rings. The predicted octanol–water partition coefficient (Wildman–Crippen LogP) is -4.71. The first-order valence-electron chi connectivity index (χ1n) is 0.707. The van der Waals surface area contributed by atoms with Crippen LogP contribution in [-0.4, -0.2) is 75.9 Å². The van der Waals surface area contributed by atoms with Gasteiger partial charge in [-0.15, -0.1) is 0 Å². The Labute approximate surface area is 89.3 Å². The molecule has 0 heterocycles. The number of hydrogen-bond donors (Lipinski definition) is 0. The van der Waals surface area contributed by atoms with Crippen molar-refractivity contribution in [3.05, 3.63) is 0 Å². The van der Waals surface area contributed by atoms with E-state index in [0.717, 1.165) is 0 Å². The second-order valence-corrected chi connectivity index (χ2v) is 0.289. The van der Waals surface area contributed by atoms with Crippen LogP contribution in [0.2, 0.25) is 0 Å². The van der Waals surface area contributed by atoms with Crippen LogP contribution in [-0.2, 0) is 0 Å². The fourth-order valence-electron chi connectivity index (χ4n) is 0. The van der Waals surface area contributed by atoms with Crippen molar-refractivity contribution < 1.29 is 15.1 Å². The minimum absolute atomic E-state index is 0. The van der Waals surface area contributed by atoms with Crippen LogP contribution < -0.4 is 15.1 Å². The normalized spacial score (nSPS) is 4.50. The van der Waals surface area contributed by atoms with Gasteiger partial charge >= 0.3 is 68.5 Å². The topological polar surface area (TPSA) is 69.2 Å². The van der Waals surface area contributed by atoms with Gasteiger partial charge < -0.3 is 15.1 Å². The molecule has 0 atom stereocenters. The van der Waals surface area contributed by atoms with Gasteiger partial charge in [0.2, 0.25) is 0 Å². The van der Waals surface area contributed by atoms with Gasteiger partial charge in [-0.3, -0.25) is 7.32 Å². The molecule has 24 valence electrons. The van der Waals surface area contributed by atoms with Gasteiger partial charge in [-0.05, 0) is 0 Å². The van der Waals surface area contributed by atoms with Crippen LogP contribution in [0, 0.1) is 0 Å². The minimum atomic E-state index is -2.92. The Morgan fingerprint density at radius 2 is 1.00 bits per heavy atom. The maximum absolute atomic E-state index is 8.42. The van der Waals surface area contributed by atoms with Crippen molar-refractivity contribution in [2.45, 2.75) is 0 Å². The summed E-state index contributed by atoms with van der Waals surface area (Å²) in [5, 5.41) is 25.2. The first-order chi connectivity index (χ1) is 1.73. The van der Waals surface area contributed by atoms with Crippen LogP contribution >= 0.6 is 0 Å². The summed E-state index contributed by atoms with van der Waals surface area (Å²) in [6.45, 7) is 0. The molecule has 0 aromatic carbocycles. The molecule has 0 aromatic heterocycles. The van der Waals surface area contributed by atoms with Crippen LogP contribution in [0.1, 0.15) is 0 Å². The molecule has 0 saturated heterocycles. The zero-order chi connectivity index (χ0) is 3.58. The molecule has 0 unspecified atom stereocenters. The molecule has 0 aliphatic rings. The van der Waals surface area contributed by atoms with Crippen molar-refractivity contribution in [1.29, 1.82) is 0 Å². The summed E-state index contributed by atoms with van der Waals surface area (Å²) in [6, 6.07) is 0. The second kappa shape index (κ2) is 10.2. The Morgan fingerprint density at radius 3 is 1.00 bits per heavy atom. The minimum Gasteiger partial charge on any atom is -0.907 e. The maximum atomic E-state index is 8.42. The third kappa shape index (κ3) is 34.7. The maximum Gasteiger partial charge on any atom is 2.00 e. The van der Waals surface area contributed by atoms with Crippen molar-refractivity contribution >= 4 is 75.9 Å². The van der Waals surface area contributed by atoms with Gasteiger partial charge in [0.1, 0.15) is 0 Å². The summed E-state index contributed by atoms with van der Waals surface area (Å²) >= 11 is 0. The van der Waals surface area contributed by atoms with E-state index >= 15 is 0 Å². The van der Waals surface area contributed by atoms with Crippen molar-refractivity contribution in [2.75, 3.05) is 0 Å². The number of hydrogen-bond acceptors (Lipinski definition) is 3. The Hall–Kier alpha value is 2.19. The molecule has 0 bridgehead atoms. The van der Waals surface area contributed by atoms with Crippen molar-refractivity contribution in [2.24, 2.45) is 0 Å². The van der Waals surface area contributed by atoms with Crippen LogP contribution in [0.15, 0.2) is 0 Å². The monoisotopic (exact) mass is 171 g/mol. The van der Waals surface area contributed by atoms with Crippen LogP contribution in [0.3, 0.4) is 0 Å². The van der Waals surface area contributed by atoms with E-state index in [1.165, 1.54) is 0 Å². The zero-order valence-corrected chi connectivity index (χ0v) is 8.11.